The van der Waals surface area contributed by atoms with Crippen LogP contribution in [0.1, 0.15) is 5.56 Å². The number of aromatic nitrogens is 3. The van der Waals surface area contributed by atoms with Crippen LogP contribution in [-0.4, -0.2) is 38.9 Å². The lowest BCUT2D eigenvalue weighted by atomic mass is 10.0. The number of esters is 1. The van der Waals surface area contributed by atoms with Crippen molar-refractivity contribution in [2.45, 2.75) is 11.7 Å². The van der Waals surface area contributed by atoms with Crippen molar-refractivity contribution in [2.24, 2.45) is 5.92 Å². The summed E-state index contributed by atoms with van der Waals surface area (Å²) in [7, 11) is 0. The highest BCUT2D eigenvalue weighted by molar-refractivity contribution is 7.99. The Morgan fingerprint density at radius 2 is 2.03 bits per heavy atom. The van der Waals surface area contributed by atoms with Crippen molar-refractivity contribution >= 4 is 23.5 Å². The number of allylic oxidation sites excluding steroid dienone is 1. The Bertz CT molecular complexity index is 1100. The molecule has 10 heteroatoms. The molecule has 0 radical (unpaired) electrons. The quantitative estimate of drug-likeness (QED) is 0.373. The number of hydrogen-bond acceptors (Lipinski definition) is 8. The van der Waals surface area contributed by atoms with E-state index in [4.69, 9.17) is 14.4 Å². The Labute approximate surface area is 182 Å². The fourth-order valence-corrected chi connectivity index (χ4v) is 3.42. The number of Topliss-reactive ketones (excluding diaryl/α,β-unsaturated/α-hetero) is 1. The lowest BCUT2D eigenvalue weighted by Crippen LogP contribution is -2.51. The highest BCUT2D eigenvalue weighted by atomic mass is 32.2. The van der Waals surface area contributed by atoms with E-state index in [2.05, 4.69) is 22.5 Å². The van der Waals surface area contributed by atoms with Crippen LogP contribution >= 0.6 is 11.8 Å². The van der Waals surface area contributed by atoms with E-state index in [1.165, 1.54) is 0 Å². The Morgan fingerprint density at radius 3 is 2.68 bits per heavy atom. The molecule has 0 fully saturated rings. The summed E-state index contributed by atoms with van der Waals surface area (Å²) in [5.74, 6) is -1.26. The first-order valence-corrected chi connectivity index (χ1v) is 10.2. The van der Waals surface area contributed by atoms with Crippen LogP contribution in [0.2, 0.25) is 0 Å². The second-order valence-corrected chi connectivity index (χ2v) is 7.43. The van der Waals surface area contributed by atoms with E-state index in [0.29, 0.717) is 23.3 Å². The van der Waals surface area contributed by atoms with Gasteiger partial charge in [-0.1, -0.05) is 42.1 Å². The third kappa shape index (κ3) is 5.69. The van der Waals surface area contributed by atoms with Crippen LogP contribution in [-0.2, 0) is 20.9 Å². The molecule has 0 saturated carbocycles. The lowest BCUT2D eigenvalue weighted by Gasteiger charge is -2.09. The van der Waals surface area contributed by atoms with Gasteiger partial charge < -0.3 is 14.9 Å². The summed E-state index contributed by atoms with van der Waals surface area (Å²) in [5, 5.41) is 17.9. The molecule has 0 saturated heterocycles. The molecular formula is C21H20N5O4S+. The molecule has 0 unspecified atom stereocenters. The van der Waals surface area contributed by atoms with Gasteiger partial charge in [0.1, 0.15) is 5.70 Å². The van der Waals surface area contributed by atoms with E-state index in [1.807, 2.05) is 34.9 Å². The number of ketones is 1. The van der Waals surface area contributed by atoms with Gasteiger partial charge in [0, 0.05) is 0 Å². The number of quaternary nitrogens is 1. The zero-order valence-corrected chi connectivity index (χ0v) is 17.4. The summed E-state index contributed by atoms with van der Waals surface area (Å²) in [6.45, 7) is 3.46. The minimum Gasteiger partial charge on any atom is -0.461 e. The van der Waals surface area contributed by atoms with Crippen molar-refractivity contribution in [1.82, 2.24) is 14.8 Å². The molecule has 0 bridgehead atoms. The molecule has 0 spiro atoms. The van der Waals surface area contributed by atoms with E-state index in [0.717, 1.165) is 17.3 Å². The Balaban J connectivity index is 1.67. The molecule has 158 valence electrons. The highest BCUT2D eigenvalue weighted by Gasteiger charge is 2.24. The van der Waals surface area contributed by atoms with Gasteiger partial charge in [0.2, 0.25) is 5.82 Å². The predicted octanol–water partition coefficient (Wildman–Crippen LogP) is 1.69. The van der Waals surface area contributed by atoms with E-state index in [1.54, 1.807) is 24.5 Å². The third-order valence-corrected chi connectivity index (χ3v) is 5.14. The monoisotopic (exact) mass is 438 g/mol. The number of ether oxygens (including phenoxy) is 1. The van der Waals surface area contributed by atoms with Gasteiger partial charge in [-0.3, -0.25) is 14.2 Å². The number of furan rings is 1. The average Bonchev–Trinajstić information content (AvgIpc) is 3.42. The van der Waals surface area contributed by atoms with E-state index in [-0.39, 0.29) is 11.4 Å². The number of hydrogen-bond donors (Lipinski definition) is 1. The minimum absolute atomic E-state index is 0.0824. The van der Waals surface area contributed by atoms with Crippen LogP contribution in [0.3, 0.4) is 0 Å². The van der Waals surface area contributed by atoms with Gasteiger partial charge in [0.25, 0.3) is 0 Å². The summed E-state index contributed by atoms with van der Waals surface area (Å²) in [6, 6.07) is 15.1. The van der Waals surface area contributed by atoms with Crippen LogP contribution in [0, 0.1) is 17.2 Å². The highest BCUT2D eigenvalue weighted by Crippen LogP contribution is 2.25. The van der Waals surface area contributed by atoms with Crippen molar-refractivity contribution in [1.29, 1.82) is 5.26 Å². The molecule has 0 amide bonds. The molecule has 9 nitrogen and oxygen atoms in total. The number of benzene rings is 1. The van der Waals surface area contributed by atoms with Gasteiger partial charge in [-0.25, -0.2) is 0 Å². The van der Waals surface area contributed by atoms with Gasteiger partial charge in [0.15, 0.2) is 29.2 Å². The molecule has 0 aliphatic heterocycles. The molecule has 2 heterocycles. The lowest BCUT2D eigenvalue weighted by molar-refractivity contribution is -0.309. The number of carbonyl (C=O) groups is 2. The van der Waals surface area contributed by atoms with Gasteiger partial charge in [-0.15, -0.1) is 10.2 Å². The summed E-state index contributed by atoms with van der Waals surface area (Å²) in [4.78, 5) is 24.1. The van der Waals surface area contributed by atoms with Crippen LogP contribution in [0.5, 0.6) is 0 Å². The number of thioether (sulfide) groups is 1. The zero-order valence-electron chi connectivity index (χ0n) is 16.6. The predicted molar refractivity (Wildman–Crippen MR) is 111 cm³/mol. The standard InChI is InChI=1S/C21H19N5O4S/c1-14(23)16(10-22)17(27)12-30-19(28)13-31-21-25-24-20(18-8-5-9-29-18)26(21)11-15-6-3-2-4-7-15/h2-9,16H,1,11-13,23H2/p+1/t16-/m0/s1. The molecule has 3 aromatic rings. The topological polar surface area (TPSA) is 139 Å². The second kappa shape index (κ2) is 10.4. The summed E-state index contributed by atoms with van der Waals surface area (Å²) >= 11 is 1.13. The number of nitrogens with zero attached hydrogens (tertiary/aromatic N) is 4. The molecule has 0 aliphatic rings. The van der Waals surface area contributed by atoms with Crippen LogP contribution in [0.25, 0.3) is 11.6 Å². The van der Waals surface area contributed by atoms with Crippen molar-refractivity contribution in [2.75, 3.05) is 12.4 Å². The van der Waals surface area contributed by atoms with Crippen molar-refractivity contribution in [3.05, 3.63) is 66.6 Å². The average molecular weight is 438 g/mol. The van der Waals surface area contributed by atoms with Crippen LogP contribution in [0.4, 0.5) is 0 Å². The van der Waals surface area contributed by atoms with Crippen LogP contribution in [0.15, 0.2) is 70.6 Å². The van der Waals surface area contributed by atoms with Gasteiger partial charge in [-0.05, 0) is 24.3 Å². The third-order valence-electron chi connectivity index (χ3n) is 4.20. The first kappa shape index (κ1) is 22.0. The van der Waals surface area contributed by atoms with E-state index in [9.17, 15) is 9.59 Å². The maximum atomic E-state index is 12.1. The molecular weight excluding hydrogens is 418 g/mol. The van der Waals surface area contributed by atoms with Crippen molar-refractivity contribution in [3.8, 4) is 17.7 Å². The first-order chi connectivity index (χ1) is 15.0. The maximum absolute atomic E-state index is 12.1. The first-order valence-electron chi connectivity index (χ1n) is 9.22. The summed E-state index contributed by atoms with van der Waals surface area (Å²) in [5.41, 5.74) is 4.69. The minimum atomic E-state index is -1.09. The number of rotatable bonds is 10. The molecule has 1 aromatic carbocycles. The van der Waals surface area contributed by atoms with E-state index < -0.39 is 24.3 Å². The maximum Gasteiger partial charge on any atom is 0.316 e. The van der Waals surface area contributed by atoms with E-state index >= 15 is 0 Å². The number of nitriles is 1. The van der Waals surface area contributed by atoms with Gasteiger partial charge >= 0.3 is 5.97 Å². The Kier molecular flexibility index (Phi) is 7.37. The molecule has 0 aliphatic carbocycles. The molecule has 2 aromatic heterocycles. The van der Waals surface area contributed by atoms with Crippen LogP contribution < -0.4 is 5.73 Å². The summed E-state index contributed by atoms with van der Waals surface area (Å²) < 4.78 is 12.3. The Morgan fingerprint density at radius 1 is 1.26 bits per heavy atom. The largest absolute Gasteiger partial charge is 0.461 e. The zero-order chi connectivity index (χ0) is 22.2. The Hall–Kier alpha value is -3.68. The SMILES string of the molecule is C=C([NH3+])[C@H](C#N)C(=O)COC(=O)CSc1nnc(-c2ccco2)n1Cc1ccccc1. The second-order valence-electron chi connectivity index (χ2n) is 6.49. The molecule has 3 rings (SSSR count). The van der Waals surface area contributed by atoms with Gasteiger partial charge in [-0.2, -0.15) is 5.26 Å². The molecule has 3 N–H and O–H groups in total. The number of carbonyl (C=O) groups excluding carboxylic acids is 2. The summed E-state index contributed by atoms with van der Waals surface area (Å²) in [6.07, 6.45) is 1.55. The normalized spacial score (nSPS) is 11.5. The molecule has 1 atom stereocenters. The van der Waals surface area contributed by atoms with Gasteiger partial charge in [0.05, 0.1) is 24.6 Å². The van der Waals surface area contributed by atoms with Crippen molar-refractivity contribution in [3.63, 3.8) is 0 Å². The smallest absolute Gasteiger partial charge is 0.316 e. The van der Waals surface area contributed by atoms with Crippen molar-refractivity contribution < 1.29 is 24.5 Å². The molecule has 31 heavy (non-hydrogen) atoms. The fourth-order valence-electron chi connectivity index (χ4n) is 2.68. The fraction of sp³-hybridized carbons (Fsp3) is 0.190.